The summed E-state index contributed by atoms with van der Waals surface area (Å²) in [6.07, 6.45) is 5.69. The molecule has 1 aliphatic heterocycles. The molecule has 1 aromatic carbocycles. The number of anilines is 3. The summed E-state index contributed by atoms with van der Waals surface area (Å²) in [7, 11) is 0. The van der Waals surface area contributed by atoms with Crippen LogP contribution in [0.4, 0.5) is 17.2 Å². The standard InChI is InChI=1S/C18H24N4/c1-2-17(21-13-6-7-14-21)22(15-9-4-3-5-10-15)18-16(19)11-8-12-20-18/h3-5,8-12,17H,2,6-7,13-14,19H2,1H3. The number of para-hydroxylation sites is 1. The van der Waals surface area contributed by atoms with E-state index in [9.17, 15) is 0 Å². The molecule has 0 bridgehead atoms. The van der Waals surface area contributed by atoms with Gasteiger partial charge in [0.2, 0.25) is 0 Å². The molecule has 4 heteroatoms. The topological polar surface area (TPSA) is 45.4 Å². The average molecular weight is 296 g/mol. The number of nitrogen functional groups attached to an aromatic ring is 1. The van der Waals surface area contributed by atoms with Crippen molar-refractivity contribution in [2.75, 3.05) is 23.7 Å². The van der Waals surface area contributed by atoms with Crippen LogP contribution in [0.1, 0.15) is 26.2 Å². The maximum atomic E-state index is 6.23. The minimum atomic E-state index is 0.294. The van der Waals surface area contributed by atoms with Gasteiger partial charge in [0.1, 0.15) is 0 Å². The Bertz CT molecular complexity index is 593. The molecular weight excluding hydrogens is 272 g/mol. The third kappa shape index (κ3) is 2.92. The van der Waals surface area contributed by atoms with Crippen molar-refractivity contribution in [3.05, 3.63) is 48.7 Å². The molecule has 1 atom stereocenters. The highest BCUT2D eigenvalue weighted by Crippen LogP contribution is 2.33. The van der Waals surface area contributed by atoms with E-state index in [2.05, 4.69) is 46.0 Å². The lowest BCUT2D eigenvalue weighted by molar-refractivity contribution is 0.239. The van der Waals surface area contributed by atoms with Gasteiger partial charge in [-0.2, -0.15) is 0 Å². The Morgan fingerprint density at radius 2 is 1.86 bits per heavy atom. The van der Waals surface area contributed by atoms with Crippen molar-refractivity contribution in [1.82, 2.24) is 9.88 Å². The Kier molecular flexibility index (Phi) is 4.59. The van der Waals surface area contributed by atoms with Crippen LogP contribution in [0.3, 0.4) is 0 Å². The first-order valence-corrected chi connectivity index (χ1v) is 8.10. The van der Waals surface area contributed by atoms with Crippen LogP contribution in [0, 0.1) is 0 Å². The van der Waals surface area contributed by atoms with Gasteiger partial charge in [0.15, 0.2) is 5.82 Å². The maximum absolute atomic E-state index is 6.23. The van der Waals surface area contributed by atoms with Gasteiger partial charge >= 0.3 is 0 Å². The lowest BCUT2D eigenvalue weighted by atomic mass is 10.2. The molecule has 1 fully saturated rings. The SMILES string of the molecule is CCC(N1CCCC1)N(c1ccccc1)c1ncccc1N. The fourth-order valence-corrected chi connectivity index (χ4v) is 3.28. The Hall–Kier alpha value is -2.07. The lowest BCUT2D eigenvalue weighted by Crippen LogP contribution is -2.45. The Balaban J connectivity index is 2.04. The van der Waals surface area contributed by atoms with Crippen LogP contribution in [0.25, 0.3) is 0 Å². The fraction of sp³-hybridized carbons (Fsp3) is 0.389. The highest BCUT2D eigenvalue weighted by Gasteiger charge is 2.29. The molecule has 2 aromatic rings. The van der Waals surface area contributed by atoms with E-state index in [0.717, 1.165) is 36.7 Å². The van der Waals surface area contributed by atoms with Crippen LogP contribution in [0.2, 0.25) is 0 Å². The third-order valence-corrected chi connectivity index (χ3v) is 4.30. The molecule has 2 heterocycles. The Morgan fingerprint density at radius 1 is 1.14 bits per heavy atom. The van der Waals surface area contributed by atoms with Gasteiger partial charge in [0.25, 0.3) is 0 Å². The zero-order chi connectivity index (χ0) is 15.4. The number of nitrogens with zero attached hydrogens (tertiary/aromatic N) is 3. The number of rotatable bonds is 5. The molecular formula is C18H24N4. The predicted molar refractivity (Wildman–Crippen MR) is 92.1 cm³/mol. The number of likely N-dealkylation sites (tertiary alicyclic amines) is 1. The van der Waals surface area contributed by atoms with Gasteiger partial charge < -0.3 is 10.6 Å². The zero-order valence-electron chi connectivity index (χ0n) is 13.2. The summed E-state index contributed by atoms with van der Waals surface area (Å²) in [6.45, 7) is 4.53. The van der Waals surface area contributed by atoms with Crippen molar-refractivity contribution in [1.29, 1.82) is 0 Å². The van der Waals surface area contributed by atoms with Gasteiger partial charge in [0, 0.05) is 25.0 Å². The van der Waals surface area contributed by atoms with Gasteiger partial charge in [-0.1, -0.05) is 25.1 Å². The smallest absolute Gasteiger partial charge is 0.157 e. The van der Waals surface area contributed by atoms with Crippen molar-refractivity contribution in [3.63, 3.8) is 0 Å². The first-order chi connectivity index (χ1) is 10.8. The van der Waals surface area contributed by atoms with Gasteiger partial charge in [-0.3, -0.25) is 4.90 Å². The van der Waals surface area contributed by atoms with Crippen LogP contribution in [-0.4, -0.2) is 29.1 Å². The largest absolute Gasteiger partial charge is 0.396 e. The summed E-state index contributed by atoms with van der Waals surface area (Å²) >= 11 is 0. The lowest BCUT2D eigenvalue weighted by Gasteiger charge is -2.38. The molecule has 0 radical (unpaired) electrons. The predicted octanol–water partition coefficient (Wildman–Crippen LogP) is 3.63. The molecule has 22 heavy (non-hydrogen) atoms. The maximum Gasteiger partial charge on any atom is 0.157 e. The fourth-order valence-electron chi connectivity index (χ4n) is 3.28. The number of benzene rings is 1. The summed E-state index contributed by atoms with van der Waals surface area (Å²) in [5.41, 5.74) is 8.10. The minimum absolute atomic E-state index is 0.294. The minimum Gasteiger partial charge on any atom is -0.396 e. The van der Waals surface area contributed by atoms with Crippen molar-refractivity contribution in [2.45, 2.75) is 32.4 Å². The second-order valence-electron chi connectivity index (χ2n) is 5.75. The first kappa shape index (κ1) is 14.9. The van der Waals surface area contributed by atoms with E-state index < -0.39 is 0 Å². The van der Waals surface area contributed by atoms with E-state index in [1.54, 1.807) is 0 Å². The van der Waals surface area contributed by atoms with Crippen molar-refractivity contribution >= 4 is 17.2 Å². The monoisotopic (exact) mass is 296 g/mol. The molecule has 0 spiro atoms. The van der Waals surface area contributed by atoms with Gasteiger partial charge in [-0.15, -0.1) is 0 Å². The highest BCUT2D eigenvalue weighted by atomic mass is 15.4. The summed E-state index contributed by atoms with van der Waals surface area (Å²) in [5.74, 6) is 0.854. The highest BCUT2D eigenvalue weighted by molar-refractivity contribution is 5.71. The van der Waals surface area contributed by atoms with Crippen LogP contribution >= 0.6 is 0 Å². The molecule has 3 rings (SSSR count). The summed E-state index contributed by atoms with van der Waals surface area (Å²) in [5, 5.41) is 0. The molecule has 1 unspecified atom stereocenters. The summed E-state index contributed by atoms with van der Waals surface area (Å²) in [6, 6.07) is 14.3. The van der Waals surface area contributed by atoms with Crippen molar-refractivity contribution < 1.29 is 0 Å². The van der Waals surface area contributed by atoms with E-state index in [4.69, 9.17) is 5.73 Å². The number of aromatic nitrogens is 1. The number of hydrogen-bond donors (Lipinski definition) is 1. The number of pyridine rings is 1. The zero-order valence-corrected chi connectivity index (χ0v) is 13.2. The molecule has 116 valence electrons. The average Bonchev–Trinajstić information content (AvgIpc) is 3.08. The molecule has 1 aromatic heterocycles. The van der Waals surface area contributed by atoms with Crippen LogP contribution in [0.5, 0.6) is 0 Å². The molecule has 2 N–H and O–H groups in total. The normalized spacial score (nSPS) is 16.6. The molecule has 0 aliphatic carbocycles. The number of nitrogens with two attached hydrogens (primary N) is 1. The first-order valence-electron chi connectivity index (χ1n) is 8.10. The van der Waals surface area contributed by atoms with Crippen LogP contribution in [0.15, 0.2) is 48.7 Å². The molecule has 1 aliphatic rings. The molecule has 1 saturated heterocycles. The van der Waals surface area contributed by atoms with Crippen LogP contribution in [-0.2, 0) is 0 Å². The summed E-state index contributed by atoms with van der Waals surface area (Å²) in [4.78, 5) is 9.40. The van der Waals surface area contributed by atoms with E-state index in [1.165, 1.54) is 12.8 Å². The van der Waals surface area contributed by atoms with Gasteiger partial charge in [-0.25, -0.2) is 4.98 Å². The van der Waals surface area contributed by atoms with E-state index in [0.29, 0.717) is 6.17 Å². The molecule has 4 nitrogen and oxygen atoms in total. The Labute approximate surface area is 132 Å². The van der Waals surface area contributed by atoms with Crippen LogP contribution < -0.4 is 10.6 Å². The molecule has 0 amide bonds. The third-order valence-electron chi connectivity index (χ3n) is 4.30. The summed E-state index contributed by atoms with van der Waals surface area (Å²) < 4.78 is 0. The Morgan fingerprint density at radius 3 is 2.50 bits per heavy atom. The second kappa shape index (κ2) is 6.79. The molecule has 0 saturated carbocycles. The second-order valence-corrected chi connectivity index (χ2v) is 5.75. The van der Waals surface area contributed by atoms with Crippen molar-refractivity contribution in [2.24, 2.45) is 0 Å². The van der Waals surface area contributed by atoms with Crippen molar-refractivity contribution in [3.8, 4) is 0 Å². The van der Waals surface area contributed by atoms with E-state index >= 15 is 0 Å². The number of hydrogen-bond acceptors (Lipinski definition) is 4. The van der Waals surface area contributed by atoms with Gasteiger partial charge in [0.05, 0.1) is 11.9 Å². The van der Waals surface area contributed by atoms with E-state index in [-0.39, 0.29) is 0 Å². The van der Waals surface area contributed by atoms with E-state index in [1.807, 2.05) is 24.4 Å². The van der Waals surface area contributed by atoms with Gasteiger partial charge in [-0.05, 0) is 43.5 Å². The quantitative estimate of drug-likeness (QED) is 0.915.